The van der Waals surface area contributed by atoms with Crippen LogP contribution in [0.15, 0.2) is 46.3 Å². The van der Waals surface area contributed by atoms with Gasteiger partial charge in [0.05, 0.1) is 28.5 Å². The second-order valence-electron chi connectivity index (χ2n) is 6.12. The van der Waals surface area contributed by atoms with Crippen LogP contribution in [-0.2, 0) is 0 Å². The summed E-state index contributed by atoms with van der Waals surface area (Å²) < 4.78 is 2.48. The van der Waals surface area contributed by atoms with Gasteiger partial charge in [-0.3, -0.25) is 4.99 Å². The van der Waals surface area contributed by atoms with Gasteiger partial charge in [-0.05, 0) is 41.6 Å². The molecule has 0 aliphatic heterocycles. The number of allylic oxidation sites excluding steroid dienone is 1. The molecule has 1 aliphatic rings. The molecule has 25 heavy (non-hydrogen) atoms. The average molecular weight is 405 g/mol. The van der Waals surface area contributed by atoms with Crippen molar-refractivity contribution < 1.29 is 5.11 Å². The molecule has 0 aromatic carbocycles. The summed E-state index contributed by atoms with van der Waals surface area (Å²) in [6.07, 6.45) is 8.99. The fraction of sp³-hybridized carbons (Fsp3) is 0.353. The van der Waals surface area contributed by atoms with Gasteiger partial charge in [0.2, 0.25) is 0 Å². The third-order valence-corrected chi connectivity index (χ3v) is 4.97. The fourth-order valence-electron chi connectivity index (χ4n) is 3.12. The molecule has 2 heterocycles. The van der Waals surface area contributed by atoms with Crippen LogP contribution in [0, 0.1) is 0 Å². The van der Waals surface area contributed by atoms with E-state index in [2.05, 4.69) is 54.9 Å². The van der Waals surface area contributed by atoms with Crippen molar-refractivity contribution in [2.24, 2.45) is 4.99 Å². The number of hydrogen-bond donors (Lipinski definition) is 3. The molecule has 0 spiro atoms. The number of aliphatic hydroxyl groups excluding tert-OH is 1. The highest BCUT2D eigenvalue weighted by molar-refractivity contribution is 9.10. The molecule has 0 atom stereocenters. The molecule has 8 heteroatoms. The summed E-state index contributed by atoms with van der Waals surface area (Å²) in [5, 5.41) is 20.9. The summed E-state index contributed by atoms with van der Waals surface area (Å²) in [5.41, 5.74) is 1.06. The highest BCUT2D eigenvalue weighted by Crippen LogP contribution is 2.33. The predicted molar refractivity (Wildman–Crippen MR) is 104 cm³/mol. The third kappa shape index (κ3) is 3.59. The number of nitrogens with zero attached hydrogens (tertiary/aromatic N) is 4. The Kier molecular flexibility index (Phi) is 5.19. The Labute approximate surface area is 154 Å². The van der Waals surface area contributed by atoms with Crippen LogP contribution < -0.4 is 10.6 Å². The summed E-state index contributed by atoms with van der Waals surface area (Å²) in [7, 11) is 0. The Balaban J connectivity index is 2.02. The normalized spacial score (nSPS) is 16.8. The predicted octanol–water partition coefficient (Wildman–Crippen LogP) is 3.35. The molecule has 0 amide bonds. The topological polar surface area (TPSA) is 86.8 Å². The Morgan fingerprint density at radius 2 is 2.24 bits per heavy atom. The number of rotatable bonds is 7. The molecule has 0 radical (unpaired) electrons. The van der Waals surface area contributed by atoms with Crippen LogP contribution in [-0.4, -0.2) is 38.6 Å². The van der Waals surface area contributed by atoms with Gasteiger partial charge < -0.3 is 15.7 Å². The lowest BCUT2D eigenvalue weighted by atomic mass is 9.99. The lowest BCUT2D eigenvalue weighted by Crippen LogP contribution is -2.39. The van der Waals surface area contributed by atoms with Gasteiger partial charge in [0.25, 0.3) is 0 Å². The Bertz CT molecular complexity index is 822. The van der Waals surface area contributed by atoms with E-state index in [0.717, 1.165) is 30.2 Å². The van der Waals surface area contributed by atoms with Gasteiger partial charge in [-0.1, -0.05) is 19.4 Å². The molecule has 3 N–H and O–H groups in total. The van der Waals surface area contributed by atoms with Crippen LogP contribution in [0.2, 0.25) is 0 Å². The molecule has 0 saturated heterocycles. The van der Waals surface area contributed by atoms with Gasteiger partial charge in [-0.15, -0.1) is 0 Å². The minimum absolute atomic E-state index is 0.0846. The lowest BCUT2D eigenvalue weighted by molar-refractivity contribution is 0.214. The molecule has 2 aromatic rings. The summed E-state index contributed by atoms with van der Waals surface area (Å²) in [5.74, 6) is 1.39. The molecule has 0 bridgehead atoms. The van der Waals surface area contributed by atoms with Gasteiger partial charge in [-0.2, -0.15) is 9.61 Å². The number of fused-ring (bicyclic) bond motifs is 1. The quantitative estimate of drug-likeness (QED) is 0.486. The molecule has 0 unspecified atom stereocenters. The first kappa shape index (κ1) is 17.6. The van der Waals surface area contributed by atoms with E-state index < -0.39 is 0 Å². The van der Waals surface area contributed by atoms with E-state index in [1.807, 2.05) is 6.07 Å². The molecule has 3 rings (SSSR count). The summed E-state index contributed by atoms with van der Waals surface area (Å²) in [6, 6.07) is 1.86. The Morgan fingerprint density at radius 3 is 2.88 bits per heavy atom. The zero-order valence-corrected chi connectivity index (χ0v) is 15.5. The molecular weight excluding hydrogens is 384 g/mol. The van der Waals surface area contributed by atoms with E-state index in [9.17, 15) is 5.11 Å². The van der Waals surface area contributed by atoms with Crippen molar-refractivity contribution in [3.8, 4) is 0 Å². The standard InChI is InChI=1S/C17H21BrN6O/c1-3-12(9-19-2)21-15-8-14(22-16-13(18)10-20-24(15)16)23-17(11-25)6-4-5-7-17/h3,8-10,21,25H,1-2,4-7,11H2,(H,22,23)/b12-9+. The zero-order valence-electron chi connectivity index (χ0n) is 13.9. The number of anilines is 2. The summed E-state index contributed by atoms with van der Waals surface area (Å²) in [4.78, 5) is 8.41. The smallest absolute Gasteiger partial charge is 0.173 e. The molecule has 2 aromatic heterocycles. The van der Waals surface area contributed by atoms with Crippen LogP contribution in [0.4, 0.5) is 11.6 Å². The molecular formula is C17H21BrN6O. The maximum absolute atomic E-state index is 9.85. The third-order valence-electron chi connectivity index (χ3n) is 4.41. The summed E-state index contributed by atoms with van der Waals surface area (Å²) >= 11 is 3.48. The second-order valence-corrected chi connectivity index (χ2v) is 6.98. The zero-order chi connectivity index (χ0) is 17.9. The molecule has 1 fully saturated rings. The van der Waals surface area contributed by atoms with Crippen LogP contribution in [0.5, 0.6) is 0 Å². The minimum atomic E-state index is -0.311. The van der Waals surface area contributed by atoms with Gasteiger partial charge in [0.15, 0.2) is 5.65 Å². The second kappa shape index (κ2) is 7.37. The number of aliphatic hydroxyl groups is 1. The van der Waals surface area contributed by atoms with Gasteiger partial charge >= 0.3 is 0 Å². The molecule has 7 nitrogen and oxygen atoms in total. The first-order valence-corrected chi connectivity index (χ1v) is 8.89. The molecule has 1 aliphatic carbocycles. The van der Waals surface area contributed by atoms with Crippen molar-refractivity contribution in [1.82, 2.24) is 14.6 Å². The molecule has 132 valence electrons. The van der Waals surface area contributed by atoms with Crippen LogP contribution in [0.25, 0.3) is 5.65 Å². The van der Waals surface area contributed by atoms with Gasteiger partial charge in [-0.25, -0.2) is 4.98 Å². The van der Waals surface area contributed by atoms with Crippen molar-refractivity contribution in [2.45, 2.75) is 31.2 Å². The van der Waals surface area contributed by atoms with Crippen molar-refractivity contribution in [1.29, 1.82) is 0 Å². The van der Waals surface area contributed by atoms with Crippen LogP contribution >= 0.6 is 15.9 Å². The van der Waals surface area contributed by atoms with Crippen molar-refractivity contribution in [3.05, 3.63) is 41.3 Å². The van der Waals surface area contributed by atoms with Crippen LogP contribution in [0.3, 0.4) is 0 Å². The largest absolute Gasteiger partial charge is 0.394 e. The number of aromatic nitrogens is 3. The van der Waals surface area contributed by atoms with E-state index in [1.54, 1.807) is 23.0 Å². The number of halogens is 1. The number of nitrogens with one attached hydrogen (secondary N) is 2. The Morgan fingerprint density at radius 1 is 1.48 bits per heavy atom. The van der Waals surface area contributed by atoms with Crippen molar-refractivity contribution in [3.63, 3.8) is 0 Å². The van der Waals surface area contributed by atoms with E-state index in [1.165, 1.54) is 0 Å². The summed E-state index contributed by atoms with van der Waals surface area (Å²) in [6.45, 7) is 7.32. The Hall–Kier alpha value is -2.19. The highest BCUT2D eigenvalue weighted by Gasteiger charge is 2.33. The van der Waals surface area contributed by atoms with Crippen molar-refractivity contribution >= 4 is 39.9 Å². The lowest BCUT2D eigenvalue weighted by Gasteiger charge is -2.29. The first-order chi connectivity index (χ1) is 12.1. The fourth-order valence-corrected chi connectivity index (χ4v) is 3.47. The van der Waals surface area contributed by atoms with Gasteiger partial charge in [0, 0.05) is 12.3 Å². The van der Waals surface area contributed by atoms with Crippen molar-refractivity contribution in [2.75, 3.05) is 17.2 Å². The minimum Gasteiger partial charge on any atom is -0.394 e. The maximum Gasteiger partial charge on any atom is 0.173 e. The van der Waals surface area contributed by atoms with E-state index in [-0.39, 0.29) is 12.1 Å². The van der Waals surface area contributed by atoms with E-state index in [4.69, 9.17) is 0 Å². The number of hydrogen-bond acceptors (Lipinski definition) is 6. The monoisotopic (exact) mass is 404 g/mol. The number of aliphatic imine (C=N–C) groups is 1. The van der Waals surface area contributed by atoms with Gasteiger partial charge in [0.1, 0.15) is 11.6 Å². The molecule has 1 saturated carbocycles. The van der Waals surface area contributed by atoms with E-state index in [0.29, 0.717) is 23.0 Å². The SMILES string of the molecule is C=C/C(=C\N=C)Nc1cc(NC2(CO)CCCC2)nc2c(Br)cnn12. The van der Waals surface area contributed by atoms with E-state index >= 15 is 0 Å². The first-order valence-electron chi connectivity index (χ1n) is 8.09. The maximum atomic E-state index is 9.85. The van der Waals surface area contributed by atoms with Crippen LogP contribution in [0.1, 0.15) is 25.7 Å². The highest BCUT2D eigenvalue weighted by atomic mass is 79.9. The average Bonchev–Trinajstić information content (AvgIpc) is 3.23.